The molecule has 0 aromatic heterocycles. The lowest BCUT2D eigenvalue weighted by molar-refractivity contribution is 0.425. The number of nitrogens with two attached hydrogens (primary N) is 1. The lowest BCUT2D eigenvalue weighted by atomic mass is 9.79. The van der Waals surface area contributed by atoms with Gasteiger partial charge in [-0.15, -0.1) is 0 Å². The molecule has 7 heteroatoms. The molecule has 0 bridgehead atoms. The normalized spacial score (nSPS) is 9.64. The zero-order valence-electron chi connectivity index (χ0n) is 7.07. The van der Waals surface area contributed by atoms with E-state index in [9.17, 15) is 4.39 Å². The zero-order chi connectivity index (χ0) is 10.7. The van der Waals surface area contributed by atoms with Crippen molar-refractivity contribution in [2.75, 3.05) is 5.32 Å². The molecule has 0 atom stereocenters. The minimum atomic E-state index is -1.78. The van der Waals surface area contributed by atoms with Gasteiger partial charge < -0.3 is 21.1 Å². The van der Waals surface area contributed by atoms with Gasteiger partial charge in [0, 0.05) is 11.2 Å². The molecule has 1 rings (SSSR count). The Bertz CT molecular complexity index is 362. The Balaban J connectivity index is 3.08. The first kappa shape index (κ1) is 10.9. The summed E-state index contributed by atoms with van der Waals surface area (Å²) >= 11 is 4.57. The molecule has 0 saturated heterocycles. The topological polar surface area (TPSA) is 78.5 Å². The van der Waals surface area contributed by atoms with Crippen molar-refractivity contribution in [3.05, 3.63) is 24.0 Å². The average Bonchev–Trinajstić information content (AvgIpc) is 2.07. The first-order chi connectivity index (χ1) is 6.50. The van der Waals surface area contributed by atoms with Crippen LogP contribution in [0.3, 0.4) is 0 Å². The number of hydrogen-bond acceptors (Lipinski definition) is 3. The summed E-state index contributed by atoms with van der Waals surface area (Å²) in [4.78, 5) is 0. The predicted octanol–water partition coefficient (Wildman–Crippen LogP) is -0.839. The van der Waals surface area contributed by atoms with Crippen LogP contribution >= 0.6 is 12.2 Å². The molecular formula is C7H8BFN2O2S. The summed E-state index contributed by atoms with van der Waals surface area (Å²) in [5, 5.41) is 20.3. The molecular weight excluding hydrogens is 206 g/mol. The van der Waals surface area contributed by atoms with Crippen molar-refractivity contribution in [1.29, 1.82) is 0 Å². The molecule has 1 aromatic carbocycles. The van der Waals surface area contributed by atoms with Crippen LogP contribution in [0.2, 0.25) is 0 Å². The summed E-state index contributed by atoms with van der Waals surface area (Å²) < 4.78 is 12.7. The minimum Gasteiger partial charge on any atom is -0.423 e. The Morgan fingerprint density at radius 1 is 1.50 bits per heavy atom. The van der Waals surface area contributed by atoms with E-state index in [-0.39, 0.29) is 16.3 Å². The Labute approximate surface area is 85.7 Å². The van der Waals surface area contributed by atoms with Gasteiger partial charge in [-0.25, -0.2) is 4.39 Å². The molecule has 0 aliphatic rings. The summed E-state index contributed by atoms with van der Waals surface area (Å²) in [6.07, 6.45) is 0. The van der Waals surface area contributed by atoms with E-state index in [1.165, 1.54) is 6.07 Å². The molecule has 5 N–H and O–H groups in total. The molecule has 0 heterocycles. The molecule has 0 aliphatic carbocycles. The number of halogens is 1. The second-order valence-corrected chi connectivity index (χ2v) is 3.03. The van der Waals surface area contributed by atoms with Crippen LogP contribution in [-0.2, 0) is 0 Å². The summed E-state index contributed by atoms with van der Waals surface area (Å²) in [7, 11) is -1.78. The van der Waals surface area contributed by atoms with Gasteiger partial charge in [-0.2, -0.15) is 0 Å². The molecule has 0 amide bonds. The van der Waals surface area contributed by atoms with E-state index in [4.69, 9.17) is 15.8 Å². The fourth-order valence-corrected chi connectivity index (χ4v) is 1.10. The van der Waals surface area contributed by atoms with E-state index in [0.717, 1.165) is 12.1 Å². The number of nitrogens with one attached hydrogen (secondary N) is 1. The standard InChI is InChI=1S/C7H8BFN2O2S/c9-4-1-2-6(11-7(10)14)5(3-4)8(12)13/h1-3,12-13H,(H3,10,11,14). The average molecular weight is 214 g/mol. The molecule has 74 valence electrons. The summed E-state index contributed by atoms with van der Waals surface area (Å²) in [6, 6.07) is 3.47. The van der Waals surface area contributed by atoms with Crippen molar-refractivity contribution in [1.82, 2.24) is 0 Å². The van der Waals surface area contributed by atoms with Gasteiger partial charge in [-0.1, -0.05) is 0 Å². The van der Waals surface area contributed by atoms with Crippen molar-refractivity contribution < 1.29 is 14.4 Å². The molecule has 0 fully saturated rings. The smallest absolute Gasteiger partial charge is 0.423 e. The third-order valence-electron chi connectivity index (χ3n) is 1.55. The van der Waals surface area contributed by atoms with Crippen LogP contribution in [0.25, 0.3) is 0 Å². The van der Waals surface area contributed by atoms with E-state index < -0.39 is 12.9 Å². The van der Waals surface area contributed by atoms with Gasteiger partial charge in [0.2, 0.25) is 0 Å². The molecule has 0 aliphatic heterocycles. The highest BCUT2D eigenvalue weighted by Crippen LogP contribution is 2.06. The van der Waals surface area contributed by atoms with E-state index >= 15 is 0 Å². The first-order valence-corrected chi connectivity index (χ1v) is 4.13. The quantitative estimate of drug-likeness (QED) is 0.381. The molecule has 1 aromatic rings. The van der Waals surface area contributed by atoms with E-state index in [1.54, 1.807) is 0 Å². The Morgan fingerprint density at radius 3 is 2.64 bits per heavy atom. The van der Waals surface area contributed by atoms with Crippen molar-refractivity contribution in [3.63, 3.8) is 0 Å². The number of anilines is 1. The lowest BCUT2D eigenvalue weighted by Gasteiger charge is -2.09. The molecule has 0 unspecified atom stereocenters. The first-order valence-electron chi connectivity index (χ1n) is 3.72. The van der Waals surface area contributed by atoms with Crippen LogP contribution in [0.15, 0.2) is 18.2 Å². The van der Waals surface area contributed by atoms with Crippen LogP contribution in [-0.4, -0.2) is 22.3 Å². The Morgan fingerprint density at radius 2 is 2.14 bits per heavy atom. The van der Waals surface area contributed by atoms with E-state index in [0.29, 0.717) is 0 Å². The third kappa shape index (κ3) is 2.66. The number of hydrogen-bond donors (Lipinski definition) is 4. The molecule has 4 nitrogen and oxygen atoms in total. The van der Waals surface area contributed by atoms with Crippen molar-refractivity contribution in [2.24, 2.45) is 5.73 Å². The maximum atomic E-state index is 12.7. The van der Waals surface area contributed by atoms with Gasteiger partial charge in [-0.05, 0) is 30.4 Å². The highest BCUT2D eigenvalue weighted by Gasteiger charge is 2.16. The van der Waals surface area contributed by atoms with Crippen LogP contribution in [0.5, 0.6) is 0 Å². The largest absolute Gasteiger partial charge is 0.490 e. The van der Waals surface area contributed by atoms with Crippen LogP contribution in [0, 0.1) is 5.82 Å². The van der Waals surface area contributed by atoms with Crippen molar-refractivity contribution in [2.45, 2.75) is 0 Å². The highest BCUT2D eigenvalue weighted by molar-refractivity contribution is 7.80. The predicted molar refractivity (Wildman–Crippen MR) is 56.6 cm³/mol. The maximum absolute atomic E-state index is 12.7. The molecule has 14 heavy (non-hydrogen) atoms. The van der Waals surface area contributed by atoms with Gasteiger partial charge in [-0.3, -0.25) is 0 Å². The fraction of sp³-hybridized carbons (Fsp3) is 0. The molecule has 0 radical (unpaired) electrons. The Hall–Kier alpha value is -1.18. The number of rotatable bonds is 2. The second kappa shape index (κ2) is 4.36. The summed E-state index contributed by atoms with van der Waals surface area (Å²) in [5.74, 6) is -0.568. The summed E-state index contributed by atoms with van der Waals surface area (Å²) in [6.45, 7) is 0. The van der Waals surface area contributed by atoms with Crippen molar-refractivity contribution >= 4 is 35.6 Å². The third-order valence-corrected chi connectivity index (χ3v) is 1.65. The monoisotopic (exact) mass is 214 g/mol. The molecule has 0 spiro atoms. The minimum absolute atomic E-state index is 0.0159. The number of benzene rings is 1. The van der Waals surface area contributed by atoms with Gasteiger partial charge in [0.25, 0.3) is 0 Å². The van der Waals surface area contributed by atoms with Gasteiger partial charge >= 0.3 is 7.12 Å². The summed E-state index contributed by atoms with van der Waals surface area (Å²) in [5.41, 5.74) is 5.45. The van der Waals surface area contributed by atoms with Gasteiger partial charge in [0.15, 0.2) is 5.11 Å². The zero-order valence-corrected chi connectivity index (χ0v) is 7.88. The SMILES string of the molecule is NC(=S)Nc1ccc(F)cc1B(O)O. The Kier molecular flexibility index (Phi) is 3.40. The van der Waals surface area contributed by atoms with Crippen LogP contribution in [0.1, 0.15) is 0 Å². The second-order valence-electron chi connectivity index (χ2n) is 2.59. The number of thiocarbonyl (C=S) groups is 1. The van der Waals surface area contributed by atoms with Gasteiger partial charge in [0.05, 0.1) is 0 Å². The molecule has 0 saturated carbocycles. The van der Waals surface area contributed by atoms with Crippen molar-refractivity contribution in [3.8, 4) is 0 Å². The van der Waals surface area contributed by atoms with Crippen LogP contribution < -0.4 is 16.5 Å². The maximum Gasteiger partial charge on any atom is 0.490 e. The van der Waals surface area contributed by atoms with Gasteiger partial charge in [0.1, 0.15) is 5.82 Å². The van der Waals surface area contributed by atoms with E-state index in [1.807, 2.05) is 0 Å². The van der Waals surface area contributed by atoms with Crippen LogP contribution in [0.4, 0.5) is 10.1 Å². The van der Waals surface area contributed by atoms with E-state index in [2.05, 4.69) is 17.5 Å². The highest BCUT2D eigenvalue weighted by atomic mass is 32.1. The fourth-order valence-electron chi connectivity index (χ4n) is 0.994. The lowest BCUT2D eigenvalue weighted by Crippen LogP contribution is -2.34.